The average Bonchev–Trinajstić information content (AvgIpc) is 2.45. The quantitative estimate of drug-likeness (QED) is 0.845. The molecule has 3 N–H and O–H groups in total. The molecule has 0 spiro atoms. The van der Waals surface area contributed by atoms with E-state index in [1.807, 2.05) is 13.8 Å². The van der Waals surface area contributed by atoms with Crippen molar-refractivity contribution in [1.82, 2.24) is 4.98 Å². The number of hydrogen-bond donors (Lipinski definition) is 2. The Morgan fingerprint density at radius 1 is 1.40 bits per heavy atom. The van der Waals surface area contributed by atoms with Crippen LogP contribution >= 0.6 is 0 Å². The monoisotopic (exact) mass is 279 g/mol. The van der Waals surface area contributed by atoms with Gasteiger partial charge in [0.25, 0.3) is 0 Å². The summed E-state index contributed by atoms with van der Waals surface area (Å²) in [7, 11) is 0. The number of hydrogen-bond acceptors (Lipinski definition) is 5. The van der Waals surface area contributed by atoms with Crippen molar-refractivity contribution < 1.29 is 9.84 Å². The molecule has 1 saturated heterocycles. The maximum absolute atomic E-state index is 8.80. The molecule has 2 rings (SSSR count). The molecule has 20 heavy (non-hydrogen) atoms. The van der Waals surface area contributed by atoms with E-state index in [-0.39, 0.29) is 12.7 Å². The average molecular weight is 279 g/mol. The van der Waals surface area contributed by atoms with Crippen molar-refractivity contribution in [3.05, 3.63) is 23.0 Å². The van der Waals surface area contributed by atoms with Crippen LogP contribution in [-0.4, -0.2) is 42.5 Å². The Balaban J connectivity index is 2.06. The summed E-state index contributed by atoms with van der Waals surface area (Å²) in [6.07, 6.45) is 2.25. The molecule has 5 nitrogen and oxygen atoms in total. The van der Waals surface area contributed by atoms with Gasteiger partial charge in [0, 0.05) is 42.3 Å². The molecule has 0 saturated carbocycles. The maximum Gasteiger partial charge on any atom is 0.0701 e. The zero-order valence-corrected chi connectivity index (χ0v) is 12.4. The van der Waals surface area contributed by atoms with Crippen LogP contribution in [0.2, 0.25) is 0 Å². The summed E-state index contributed by atoms with van der Waals surface area (Å²) in [4.78, 5) is 6.87. The molecule has 0 aliphatic carbocycles. The van der Waals surface area contributed by atoms with Crippen LogP contribution in [0, 0.1) is 13.8 Å². The largest absolute Gasteiger partial charge is 0.394 e. The number of anilines is 1. The van der Waals surface area contributed by atoms with E-state index in [9.17, 15) is 0 Å². The van der Waals surface area contributed by atoms with Gasteiger partial charge in [0.15, 0.2) is 0 Å². The maximum atomic E-state index is 8.80. The molecule has 0 bridgehead atoms. The van der Waals surface area contributed by atoms with Crippen LogP contribution in [-0.2, 0) is 11.3 Å². The molecule has 2 heterocycles. The Bertz CT molecular complexity index is 443. The first-order valence-corrected chi connectivity index (χ1v) is 7.30. The van der Waals surface area contributed by atoms with Crippen molar-refractivity contribution in [2.24, 2.45) is 5.73 Å². The number of ether oxygens (including phenoxy) is 1. The van der Waals surface area contributed by atoms with Gasteiger partial charge >= 0.3 is 0 Å². The molecule has 0 radical (unpaired) electrons. The van der Waals surface area contributed by atoms with Crippen LogP contribution < -0.4 is 10.6 Å². The molecule has 112 valence electrons. The zero-order valence-electron chi connectivity index (χ0n) is 12.4. The Morgan fingerprint density at radius 3 is 2.70 bits per heavy atom. The third kappa shape index (κ3) is 3.48. The van der Waals surface area contributed by atoms with Gasteiger partial charge in [-0.2, -0.15) is 0 Å². The number of pyridine rings is 1. The van der Waals surface area contributed by atoms with Gasteiger partial charge in [-0.1, -0.05) is 0 Å². The number of rotatable bonds is 5. The molecule has 1 aromatic heterocycles. The first kappa shape index (κ1) is 15.2. The standard InChI is InChI=1S/C15H25N3O2/c1-11-9-15(14(10-16)12(2)17-11)18-5-3-13(4-6-18)20-8-7-19/h9,13,19H,3-8,10,16H2,1-2H3. The predicted molar refractivity (Wildman–Crippen MR) is 79.9 cm³/mol. The summed E-state index contributed by atoms with van der Waals surface area (Å²) >= 11 is 0. The minimum atomic E-state index is 0.0975. The predicted octanol–water partition coefficient (Wildman–Crippen LogP) is 1.13. The molecular formula is C15H25N3O2. The highest BCUT2D eigenvalue weighted by molar-refractivity contribution is 5.56. The van der Waals surface area contributed by atoms with E-state index >= 15 is 0 Å². The van der Waals surface area contributed by atoms with Crippen molar-refractivity contribution in [2.75, 3.05) is 31.2 Å². The zero-order chi connectivity index (χ0) is 14.5. The molecule has 5 heteroatoms. The second-order valence-electron chi connectivity index (χ2n) is 5.33. The number of nitrogens with zero attached hydrogens (tertiary/aromatic N) is 2. The first-order valence-electron chi connectivity index (χ1n) is 7.30. The highest BCUT2D eigenvalue weighted by Gasteiger charge is 2.22. The van der Waals surface area contributed by atoms with Gasteiger partial charge < -0.3 is 20.5 Å². The van der Waals surface area contributed by atoms with E-state index in [0.29, 0.717) is 13.2 Å². The van der Waals surface area contributed by atoms with Gasteiger partial charge in [0.2, 0.25) is 0 Å². The number of nitrogens with two attached hydrogens (primary N) is 1. The molecular weight excluding hydrogens is 254 g/mol. The number of aliphatic hydroxyl groups excluding tert-OH is 1. The van der Waals surface area contributed by atoms with Gasteiger partial charge in [0.05, 0.1) is 19.3 Å². The van der Waals surface area contributed by atoms with Crippen LogP contribution in [0.1, 0.15) is 29.8 Å². The lowest BCUT2D eigenvalue weighted by Gasteiger charge is -2.35. The SMILES string of the molecule is Cc1cc(N2CCC(OCCO)CC2)c(CN)c(C)n1. The fourth-order valence-corrected chi connectivity index (χ4v) is 2.85. The molecule has 1 fully saturated rings. The molecule has 0 aromatic carbocycles. The Labute approximate surface area is 120 Å². The van der Waals surface area contributed by atoms with Crippen molar-refractivity contribution >= 4 is 5.69 Å². The highest BCUT2D eigenvalue weighted by atomic mass is 16.5. The van der Waals surface area contributed by atoms with E-state index in [1.165, 1.54) is 5.69 Å². The van der Waals surface area contributed by atoms with Crippen molar-refractivity contribution in [2.45, 2.75) is 39.3 Å². The third-order valence-corrected chi connectivity index (χ3v) is 3.87. The van der Waals surface area contributed by atoms with Gasteiger partial charge in [-0.05, 0) is 32.8 Å². The van der Waals surface area contributed by atoms with Crippen LogP contribution in [0.5, 0.6) is 0 Å². The van der Waals surface area contributed by atoms with Crippen LogP contribution in [0.25, 0.3) is 0 Å². The second-order valence-corrected chi connectivity index (χ2v) is 5.33. The summed E-state index contributed by atoms with van der Waals surface area (Å²) in [5.74, 6) is 0. The first-order chi connectivity index (χ1) is 9.65. The summed E-state index contributed by atoms with van der Waals surface area (Å²) in [5.41, 5.74) is 10.3. The van der Waals surface area contributed by atoms with Crippen molar-refractivity contribution in [3.8, 4) is 0 Å². The fourth-order valence-electron chi connectivity index (χ4n) is 2.85. The Hall–Kier alpha value is -1.17. The van der Waals surface area contributed by atoms with E-state index in [4.69, 9.17) is 15.6 Å². The number of piperidine rings is 1. The highest BCUT2D eigenvalue weighted by Crippen LogP contribution is 2.27. The molecule has 1 aliphatic rings. The topological polar surface area (TPSA) is 71.6 Å². The van der Waals surface area contributed by atoms with Gasteiger partial charge in [0.1, 0.15) is 0 Å². The summed E-state index contributed by atoms with van der Waals surface area (Å²) in [6.45, 7) is 7.03. The van der Waals surface area contributed by atoms with E-state index in [1.54, 1.807) is 0 Å². The minimum Gasteiger partial charge on any atom is -0.394 e. The van der Waals surface area contributed by atoms with E-state index in [2.05, 4.69) is 16.0 Å². The lowest BCUT2D eigenvalue weighted by atomic mass is 10.0. The minimum absolute atomic E-state index is 0.0975. The summed E-state index contributed by atoms with van der Waals surface area (Å²) in [5, 5.41) is 8.80. The lowest BCUT2D eigenvalue weighted by Crippen LogP contribution is -2.38. The summed E-state index contributed by atoms with van der Waals surface area (Å²) < 4.78 is 5.61. The van der Waals surface area contributed by atoms with Crippen LogP contribution in [0.3, 0.4) is 0 Å². The molecule has 1 aliphatic heterocycles. The Morgan fingerprint density at radius 2 is 2.10 bits per heavy atom. The normalized spacial score (nSPS) is 16.7. The van der Waals surface area contributed by atoms with Gasteiger partial charge in [-0.3, -0.25) is 4.98 Å². The number of aromatic nitrogens is 1. The number of aryl methyl sites for hydroxylation is 2. The molecule has 0 atom stereocenters. The van der Waals surface area contributed by atoms with Crippen molar-refractivity contribution in [1.29, 1.82) is 0 Å². The Kier molecular flexibility index (Phi) is 5.34. The lowest BCUT2D eigenvalue weighted by molar-refractivity contribution is 0.0159. The van der Waals surface area contributed by atoms with Crippen molar-refractivity contribution in [3.63, 3.8) is 0 Å². The van der Waals surface area contributed by atoms with E-state index < -0.39 is 0 Å². The van der Waals surface area contributed by atoms with Crippen LogP contribution in [0.4, 0.5) is 5.69 Å². The fraction of sp³-hybridized carbons (Fsp3) is 0.667. The smallest absolute Gasteiger partial charge is 0.0701 e. The summed E-state index contributed by atoms with van der Waals surface area (Å²) in [6, 6.07) is 2.13. The van der Waals surface area contributed by atoms with E-state index in [0.717, 1.165) is 42.9 Å². The number of aliphatic hydroxyl groups is 1. The molecule has 0 amide bonds. The molecule has 1 aromatic rings. The molecule has 0 unspecified atom stereocenters. The third-order valence-electron chi connectivity index (χ3n) is 3.87. The van der Waals surface area contributed by atoms with Gasteiger partial charge in [-0.15, -0.1) is 0 Å². The van der Waals surface area contributed by atoms with Gasteiger partial charge in [-0.25, -0.2) is 0 Å². The second kappa shape index (κ2) is 7.02. The van der Waals surface area contributed by atoms with Crippen LogP contribution in [0.15, 0.2) is 6.07 Å².